The smallest absolute Gasteiger partial charge is 0.266 e. The van der Waals surface area contributed by atoms with Gasteiger partial charge in [0.15, 0.2) is 5.16 Å². The van der Waals surface area contributed by atoms with Gasteiger partial charge in [0.1, 0.15) is 0 Å². The van der Waals surface area contributed by atoms with Gasteiger partial charge in [0.25, 0.3) is 5.56 Å². The van der Waals surface area contributed by atoms with Crippen LogP contribution in [0.1, 0.15) is 0 Å². The molecule has 0 saturated carbocycles. The summed E-state index contributed by atoms with van der Waals surface area (Å²) in [5, 5.41) is 7.63. The second-order valence-electron chi connectivity index (χ2n) is 6.55. The molecule has 4 N–H and O–H groups in total. The fourth-order valence-electron chi connectivity index (χ4n) is 3.10. The molecule has 0 atom stereocenters. The van der Waals surface area contributed by atoms with Crippen LogP contribution in [0.2, 0.25) is 0 Å². The van der Waals surface area contributed by atoms with E-state index in [1.54, 1.807) is 6.07 Å². The second kappa shape index (κ2) is 7.56. The maximum absolute atomic E-state index is 13.4. The number of hydrogen-bond donors (Lipinski definition) is 2. The van der Waals surface area contributed by atoms with E-state index in [2.05, 4.69) is 4.98 Å². The fraction of sp³-hybridized carbons (Fsp3) is 0.0500. The first-order valence-electron chi connectivity index (χ1n) is 8.74. The van der Waals surface area contributed by atoms with E-state index in [1.807, 2.05) is 30.3 Å². The van der Waals surface area contributed by atoms with Gasteiger partial charge < -0.3 is 5.73 Å². The quantitative estimate of drug-likeness (QED) is 0.275. The first-order chi connectivity index (χ1) is 14.2. The Bertz CT molecular complexity index is 1460. The number of nitrogens with two attached hydrogens (primary N) is 2. The zero-order valence-corrected chi connectivity index (χ0v) is 17.1. The fourth-order valence-corrected chi connectivity index (χ4v) is 4.36. The van der Waals surface area contributed by atoms with Crippen LogP contribution < -0.4 is 16.4 Å². The van der Waals surface area contributed by atoms with E-state index < -0.39 is 15.9 Å². The van der Waals surface area contributed by atoms with Gasteiger partial charge in [-0.3, -0.25) is 14.2 Å². The summed E-state index contributed by atoms with van der Waals surface area (Å²) in [4.78, 5) is 29.2. The zero-order chi connectivity index (χ0) is 21.5. The van der Waals surface area contributed by atoms with Crippen molar-refractivity contribution in [2.75, 3.05) is 5.75 Å². The standard InChI is InChI=1S/C20H16N4O4S2/c21-18(25)11-29-20-23-17-10-13-4-2-1-3-12(13)9-16(17)19(26)24(20)14-5-7-15(8-6-14)30(22,27)28/h1-10H,11H2,(H2,21,25)(H2,22,27,28). The number of aromatic nitrogens is 2. The second-order valence-corrected chi connectivity index (χ2v) is 9.05. The van der Waals surface area contributed by atoms with Gasteiger partial charge in [-0.05, 0) is 47.2 Å². The maximum Gasteiger partial charge on any atom is 0.266 e. The lowest BCUT2D eigenvalue weighted by molar-refractivity contribution is -0.115. The number of carbonyl (C=O) groups is 1. The molecule has 4 aromatic rings. The van der Waals surface area contributed by atoms with Crippen molar-refractivity contribution >= 4 is 49.4 Å². The Morgan fingerprint density at radius 3 is 2.27 bits per heavy atom. The number of sulfonamides is 1. The molecule has 0 spiro atoms. The van der Waals surface area contributed by atoms with Crippen molar-refractivity contribution in [3.63, 3.8) is 0 Å². The molecule has 8 nitrogen and oxygen atoms in total. The predicted molar refractivity (Wildman–Crippen MR) is 116 cm³/mol. The van der Waals surface area contributed by atoms with Crippen LogP contribution in [0.15, 0.2) is 75.5 Å². The molecule has 0 unspecified atom stereocenters. The molecular formula is C20H16N4O4S2. The van der Waals surface area contributed by atoms with Crippen LogP contribution in [0.25, 0.3) is 27.4 Å². The number of primary sulfonamides is 1. The molecule has 0 aliphatic carbocycles. The minimum absolute atomic E-state index is 0.0687. The molecule has 0 fully saturated rings. The van der Waals surface area contributed by atoms with Gasteiger partial charge in [-0.15, -0.1) is 0 Å². The molecule has 152 valence electrons. The van der Waals surface area contributed by atoms with E-state index in [-0.39, 0.29) is 21.4 Å². The third-order valence-electron chi connectivity index (χ3n) is 4.47. The molecule has 0 bridgehead atoms. The Morgan fingerprint density at radius 2 is 1.67 bits per heavy atom. The SMILES string of the molecule is NC(=O)CSc1nc2cc3ccccc3cc2c(=O)n1-c1ccc(S(N)(=O)=O)cc1. The predicted octanol–water partition coefficient (Wildman–Crippen LogP) is 1.76. The summed E-state index contributed by atoms with van der Waals surface area (Å²) in [5.41, 5.74) is 5.80. The van der Waals surface area contributed by atoms with Crippen LogP contribution in [0.5, 0.6) is 0 Å². The van der Waals surface area contributed by atoms with Gasteiger partial charge >= 0.3 is 0 Å². The van der Waals surface area contributed by atoms with E-state index in [0.717, 1.165) is 22.5 Å². The molecular weight excluding hydrogens is 424 g/mol. The van der Waals surface area contributed by atoms with Crippen molar-refractivity contribution in [2.45, 2.75) is 10.1 Å². The number of hydrogen-bond acceptors (Lipinski definition) is 6. The van der Waals surface area contributed by atoms with Crippen LogP contribution in [0.3, 0.4) is 0 Å². The number of thioether (sulfide) groups is 1. The average Bonchev–Trinajstić information content (AvgIpc) is 2.70. The lowest BCUT2D eigenvalue weighted by atomic mass is 10.1. The van der Waals surface area contributed by atoms with Crippen molar-refractivity contribution in [2.24, 2.45) is 10.9 Å². The number of amides is 1. The van der Waals surface area contributed by atoms with Crippen LogP contribution in [-0.2, 0) is 14.8 Å². The highest BCUT2D eigenvalue weighted by Crippen LogP contribution is 2.25. The number of nitrogens with zero attached hydrogens (tertiary/aromatic N) is 2. The Hall–Kier alpha value is -3.21. The van der Waals surface area contributed by atoms with E-state index >= 15 is 0 Å². The summed E-state index contributed by atoms with van der Waals surface area (Å²) in [6.45, 7) is 0. The molecule has 0 radical (unpaired) electrons. The summed E-state index contributed by atoms with van der Waals surface area (Å²) < 4.78 is 24.4. The van der Waals surface area contributed by atoms with Gasteiger partial charge in [-0.1, -0.05) is 36.0 Å². The normalized spacial score (nSPS) is 11.8. The van der Waals surface area contributed by atoms with Crippen LogP contribution in [0, 0.1) is 0 Å². The Balaban J connectivity index is 1.98. The highest BCUT2D eigenvalue weighted by Gasteiger charge is 2.16. The molecule has 1 heterocycles. The Kier molecular flexibility index (Phi) is 5.06. The van der Waals surface area contributed by atoms with E-state index in [0.29, 0.717) is 16.6 Å². The Labute approximate surface area is 175 Å². The number of carbonyl (C=O) groups excluding carboxylic acids is 1. The van der Waals surface area contributed by atoms with Gasteiger partial charge in [0.05, 0.1) is 27.2 Å². The van der Waals surface area contributed by atoms with E-state index in [1.165, 1.54) is 28.8 Å². The van der Waals surface area contributed by atoms with Gasteiger partial charge in [0, 0.05) is 0 Å². The Morgan fingerprint density at radius 1 is 1.03 bits per heavy atom. The van der Waals surface area contributed by atoms with Crippen molar-refractivity contribution in [1.29, 1.82) is 0 Å². The summed E-state index contributed by atoms with van der Waals surface area (Å²) in [5.74, 6) is -0.621. The van der Waals surface area contributed by atoms with Gasteiger partial charge in [-0.25, -0.2) is 18.5 Å². The summed E-state index contributed by atoms with van der Waals surface area (Å²) in [6, 6.07) is 16.7. The van der Waals surface area contributed by atoms with Crippen LogP contribution in [0.4, 0.5) is 0 Å². The zero-order valence-electron chi connectivity index (χ0n) is 15.5. The number of primary amides is 1. The summed E-state index contributed by atoms with van der Waals surface area (Å²) in [7, 11) is -3.87. The number of fused-ring (bicyclic) bond motifs is 2. The van der Waals surface area contributed by atoms with Crippen LogP contribution >= 0.6 is 11.8 Å². The summed E-state index contributed by atoms with van der Waals surface area (Å²) in [6.07, 6.45) is 0. The molecule has 3 aromatic carbocycles. The molecule has 1 amide bonds. The molecule has 1 aromatic heterocycles. The molecule has 0 saturated heterocycles. The van der Waals surface area contributed by atoms with Crippen LogP contribution in [-0.4, -0.2) is 29.6 Å². The van der Waals surface area contributed by atoms with E-state index in [9.17, 15) is 18.0 Å². The third-order valence-corrected chi connectivity index (χ3v) is 6.36. The average molecular weight is 441 g/mol. The highest BCUT2D eigenvalue weighted by molar-refractivity contribution is 7.99. The van der Waals surface area contributed by atoms with Crippen molar-refractivity contribution in [3.8, 4) is 5.69 Å². The first kappa shape index (κ1) is 20.1. The molecule has 0 aliphatic rings. The molecule has 4 rings (SSSR count). The lowest BCUT2D eigenvalue weighted by Gasteiger charge is -2.13. The minimum atomic E-state index is -3.87. The van der Waals surface area contributed by atoms with E-state index in [4.69, 9.17) is 10.9 Å². The van der Waals surface area contributed by atoms with Crippen molar-refractivity contribution < 1.29 is 13.2 Å². The first-order valence-corrected chi connectivity index (χ1v) is 11.3. The number of rotatable bonds is 5. The third kappa shape index (κ3) is 3.80. The monoisotopic (exact) mass is 440 g/mol. The number of benzene rings is 3. The molecule has 30 heavy (non-hydrogen) atoms. The van der Waals surface area contributed by atoms with Crippen molar-refractivity contribution in [3.05, 3.63) is 71.0 Å². The van der Waals surface area contributed by atoms with Crippen molar-refractivity contribution in [1.82, 2.24) is 9.55 Å². The summed E-state index contributed by atoms with van der Waals surface area (Å²) >= 11 is 1.03. The maximum atomic E-state index is 13.4. The molecule has 10 heteroatoms. The largest absolute Gasteiger partial charge is 0.369 e. The lowest BCUT2D eigenvalue weighted by Crippen LogP contribution is -2.23. The van der Waals surface area contributed by atoms with Gasteiger partial charge in [-0.2, -0.15) is 0 Å². The van der Waals surface area contributed by atoms with Gasteiger partial charge in [0.2, 0.25) is 15.9 Å². The topological polar surface area (TPSA) is 138 Å². The minimum Gasteiger partial charge on any atom is -0.369 e. The molecule has 0 aliphatic heterocycles. The highest BCUT2D eigenvalue weighted by atomic mass is 32.2.